The number of hydrogen-bond donors (Lipinski definition) is 0. The molecule has 15 aromatic rings. The molecule has 0 saturated carbocycles. The summed E-state index contributed by atoms with van der Waals surface area (Å²) in [7, 11) is 0. The van der Waals surface area contributed by atoms with Crippen molar-refractivity contribution in [1.29, 1.82) is 0 Å². The molecule has 0 aliphatic rings. The van der Waals surface area contributed by atoms with E-state index < -0.39 is 0 Å². The minimum atomic E-state index is 0.597. The Labute approximate surface area is 405 Å². The van der Waals surface area contributed by atoms with Crippen molar-refractivity contribution in [1.82, 2.24) is 24.5 Å². The first kappa shape index (κ1) is 38.9. The Balaban J connectivity index is 1.03. The minimum Gasteiger partial charge on any atom is -0.294 e. The number of benzene rings is 10. The number of aromatic nitrogens is 5. The molecule has 0 amide bonds. The van der Waals surface area contributed by atoms with Crippen molar-refractivity contribution in [2.24, 2.45) is 0 Å². The van der Waals surface area contributed by atoms with E-state index in [9.17, 15) is 0 Å². The first-order valence-electron chi connectivity index (χ1n) is 23.6. The molecule has 0 aliphatic carbocycles. The monoisotopic (exact) mass is 907 g/mol. The molecule has 0 aliphatic heterocycles. The van der Waals surface area contributed by atoms with Crippen LogP contribution >= 0.6 is 11.3 Å². The molecule has 324 valence electrons. The van der Waals surface area contributed by atoms with E-state index in [1.165, 1.54) is 69.2 Å². The lowest BCUT2D eigenvalue weighted by Crippen LogP contribution is -2.03. The smallest absolute Gasteiger partial charge is 0.164 e. The minimum absolute atomic E-state index is 0.597. The largest absolute Gasteiger partial charge is 0.294 e. The molecule has 6 heteroatoms. The third-order valence-electron chi connectivity index (χ3n) is 14.3. The van der Waals surface area contributed by atoms with Crippen LogP contribution in [-0.2, 0) is 0 Å². The second kappa shape index (κ2) is 15.2. The fourth-order valence-corrected chi connectivity index (χ4v) is 12.2. The van der Waals surface area contributed by atoms with Crippen LogP contribution in [0.3, 0.4) is 0 Å². The number of pyridine rings is 2. The van der Waals surface area contributed by atoms with Gasteiger partial charge in [-0.25, -0.2) is 9.97 Å². The SMILES string of the molecule is c1ccc(-c2ccc3c(c2)c2cc4c5ccccc5c5cc(-c6ccc7c(c6)sc6ccccc67)ccc5c4cc2n3-c2cc(-c3cccc4cccnc34)nc(-c3cccc4cccnc34)n2)cc1. The van der Waals surface area contributed by atoms with Crippen molar-refractivity contribution >= 4 is 107 Å². The summed E-state index contributed by atoms with van der Waals surface area (Å²) in [5.74, 6) is 1.36. The summed E-state index contributed by atoms with van der Waals surface area (Å²) < 4.78 is 4.97. The van der Waals surface area contributed by atoms with Gasteiger partial charge in [-0.15, -0.1) is 11.3 Å². The van der Waals surface area contributed by atoms with Crippen LogP contribution < -0.4 is 0 Å². The standard InChI is InChI=1S/C64H37N5S/c1-2-12-38(13-3-1)41-26-29-57-54(33-41)55-35-52-45-19-5-4-18-44(45)51-32-42(43-25-28-48-47-20-6-7-23-59(47)70-60(48)34-43)24-27-46(51)53(52)36-58(55)69(57)61-37-56(49-21-8-14-39-16-10-30-65-62(39)49)67-64(68-61)50-22-9-15-40-17-11-31-66-63(40)50/h1-37H. The van der Waals surface area contributed by atoms with Crippen LogP contribution in [0.2, 0.25) is 0 Å². The van der Waals surface area contributed by atoms with E-state index in [-0.39, 0.29) is 0 Å². The zero-order valence-corrected chi connectivity index (χ0v) is 38.3. The molecule has 5 nitrogen and oxygen atoms in total. The highest BCUT2D eigenvalue weighted by atomic mass is 32.1. The van der Waals surface area contributed by atoms with Crippen LogP contribution in [0.5, 0.6) is 0 Å². The summed E-state index contributed by atoms with van der Waals surface area (Å²) in [5.41, 5.74) is 11.2. The van der Waals surface area contributed by atoms with E-state index in [1.54, 1.807) is 0 Å². The number of hydrogen-bond acceptors (Lipinski definition) is 5. The first-order chi connectivity index (χ1) is 34.7. The average Bonchev–Trinajstić information content (AvgIpc) is 3.97. The summed E-state index contributed by atoms with van der Waals surface area (Å²) in [6.07, 6.45) is 3.70. The fourth-order valence-electron chi connectivity index (χ4n) is 11.0. The molecule has 0 fully saturated rings. The van der Waals surface area contributed by atoms with Gasteiger partial charge in [0.25, 0.3) is 0 Å². The Morgan fingerprint density at radius 2 is 0.900 bits per heavy atom. The van der Waals surface area contributed by atoms with Crippen molar-refractivity contribution < 1.29 is 0 Å². The third-order valence-corrected chi connectivity index (χ3v) is 15.4. The number of thiophene rings is 1. The van der Waals surface area contributed by atoms with E-state index in [4.69, 9.17) is 19.9 Å². The number of rotatable bonds is 5. The van der Waals surface area contributed by atoms with Crippen molar-refractivity contribution in [3.05, 3.63) is 225 Å². The Hall–Kier alpha value is -9.10. The molecule has 0 spiro atoms. The van der Waals surface area contributed by atoms with E-state index in [0.717, 1.165) is 71.8 Å². The maximum atomic E-state index is 5.55. The van der Waals surface area contributed by atoms with Gasteiger partial charge >= 0.3 is 0 Å². The summed E-state index contributed by atoms with van der Waals surface area (Å²) in [5, 5.41) is 14.3. The average molecular weight is 908 g/mol. The quantitative estimate of drug-likeness (QED) is 0.161. The van der Waals surface area contributed by atoms with Crippen molar-refractivity contribution in [3.8, 4) is 50.7 Å². The van der Waals surface area contributed by atoms with E-state index in [2.05, 4.69) is 205 Å². The molecule has 5 aromatic heterocycles. The maximum absolute atomic E-state index is 5.55. The molecule has 5 heterocycles. The third kappa shape index (κ3) is 5.97. The van der Waals surface area contributed by atoms with E-state index in [1.807, 2.05) is 35.9 Å². The predicted molar refractivity (Wildman–Crippen MR) is 294 cm³/mol. The van der Waals surface area contributed by atoms with E-state index >= 15 is 0 Å². The van der Waals surface area contributed by atoms with Gasteiger partial charge in [-0.05, 0) is 115 Å². The van der Waals surface area contributed by atoms with Gasteiger partial charge in [0.05, 0.1) is 27.8 Å². The lowest BCUT2D eigenvalue weighted by molar-refractivity contribution is 1.05. The lowest BCUT2D eigenvalue weighted by Gasteiger charge is -2.15. The maximum Gasteiger partial charge on any atom is 0.164 e. The van der Waals surface area contributed by atoms with Gasteiger partial charge in [-0.2, -0.15) is 0 Å². The van der Waals surface area contributed by atoms with Gasteiger partial charge in [-0.1, -0.05) is 146 Å². The summed E-state index contributed by atoms with van der Waals surface area (Å²) >= 11 is 1.86. The van der Waals surface area contributed by atoms with Gasteiger partial charge in [0.15, 0.2) is 5.82 Å². The van der Waals surface area contributed by atoms with Gasteiger partial charge in [0.2, 0.25) is 0 Å². The molecular formula is C64H37N5S. The molecule has 0 atom stereocenters. The normalized spacial score (nSPS) is 12.0. The molecule has 10 aromatic carbocycles. The second-order valence-corrected chi connectivity index (χ2v) is 19.2. The molecule has 0 N–H and O–H groups in total. The summed E-state index contributed by atoms with van der Waals surface area (Å²) in [6, 6.07) is 76.8. The molecule has 0 unspecified atom stereocenters. The van der Waals surface area contributed by atoms with Gasteiger partial charge in [-0.3, -0.25) is 14.5 Å². The lowest BCUT2D eigenvalue weighted by atomic mass is 9.91. The zero-order chi connectivity index (χ0) is 45.9. The highest BCUT2D eigenvalue weighted by Gasteiger charge is 2.22. The molecule has 0 bridgehead atoms. The second-order valence-electron chi connectivity index (χ2n) is 18.2. The van der Waals surface area contributed by atoms with Crippen molar-refractivity contribution in [2.75, 3.05) is 0 Å². The first-order valence-corrected chi connectivity index (χ1v) is 24.4. The Morgan fingerprint density at radius 3 is 1.70 bits per heavy atom. The Bertz CT molecular complexity index is 4560. The highest BCUT2D eigenvalue weighted by molar-refractivity contribution is 7.25. The summed E-state index contributed by atoms with van der Waals surface area (Å²) in [4.78, 5) is 20.7. The molecule has 0 radical (unpaired) electrons. The van der Waals surface area contributed by atoms with Crippen LogP contribution in [0.15, 0.2) is 225 Å². The molecule has 15 rings (SSSR count). The van der Waals surface area contributed by atoms with Gasteiger partial charge in [0, 0.05) is 71.3 Å². The summed E-state index contributed by atoms with van der Waals surface area (Å²) in [6.45, 7) is 0. The molecule has 0 saturated heterocycles. The number of fused-ring (bicyclic) bond motifs is 14. The van der Waals surface area contributed by atoms with Gasteiger partial charge < -0.3 is 0 Å². The topological polar surface area (TPSA) is 56.5 Å². The zero-order valence-electron chi connectivity index (χ0n) is 37.5. The van der Waals surface area contributed by atoms with Crippen molar-refractivity contribution in [2.45, 2.75) is 0 Å². The Kier molecular flexibility index (Phi) is 8.46. The van der Waals surface area contributed by atoms with E-state index in [0.29, 0.717) is 5.82 Å². The number of para-hydroxylation sites is 2. The Morgan fingerprint density at radius 1 is 0.329 bits per heavy atom. The van der Waals surface area contributed by atoms with Crippen LogP contribution in [0, 0.1) is 0 Å². The molecular weight excluding hydrogens is 871 g/mol. The van der Waals surface area contributed by atoms with Crippen LogP contribution in [0.25, 0.3) is 147 Å². The van der Waals surface area contributed by atoms with Crippen LogP contribution in [0.4, 0.5) is 0 Å². The predicted octanol–water partition coefficient (Wildman–Crippen LogP) is 17.2. The number of nitrogens with zero attached hydrogens (tertiary/aromatic N) is 5. The van der Waals surface area contributed by atoms with Crippen LogP contribution in [-0.4, -0.2) is 24.5 Å². The van der Waals surface area contributed by atoms with Gasteiger partial charge in [0.1, 0.15) is 5.82 Å². The fraction of sp³-hybridized carbons (Fsp3) is 0. The van der Waals surface area contributed by atoms with Crippen LogP contribution in [0.1, 0.15) is 0 Å². The van der Waals surface area contributed by atoms with Crippen molar-refractivity contribution in [3.63, 3.8) is 0 Å². The highest BCUT2D eigenvalue weighted by Crippen LogP contribution is 2.44. The molecule has 70 heavy (non-hydrogen) atoms.